The molecule has 2 aromatic rings. The highest BCUT2D eigenvalue weighted by atomic mass is 35.5. The van der Waals surface area contributed by atoms with Crippen molar-refractivity contribution in [3.05, 3.63) is 60.7 Å². The Labute approximate surface area is 125 Å². The number of rotatable bonds is 5. The van der Waals surface area contributed by atoms with Crippen LogP contribution < -0.4 is 33.9 Å². The van der Waals surface area contributed by atoms with Crippen LogP contribution in [0.15, 0.2) is 55.1 Å². The first-order chi connectivity index (χ1) is 8.38. The Morgan fingerprint density at radius 2 is 1.53 bits per heavy atom. The second-order valence-corrected chi connectivity index (χ2v) is 3.96. The first kappa shape index (κ1) is 17.6. The lowest BCUT2D eigenvalue weighted by Crippen LogP contribution is -3.00. The zero-order valence-corrected chi connectivity index (χ0v) is 12.0. The summed E-state index contributed by atoms with van der Waals surface area (Å²) in [6.07, 6.45) is 9.91. The van der Waals surface area contributed by atoms with Gasteiger partial charge in [0.05, 0.1) is 12.0 Å². The fourth-order valence-electron chi connectivity index (χ4n) is 1.77. The van der Waals surface area contributed by atoms with Crippen molar-refractivity contribution >= 4 is 6.29 Å². The fourth-order valence-corrected chi connectivity index (χ4v) is 1.77. The molecule has 0 atom stereocenters. The van der Waals surface area contributed by atoms with Crippen molar-refractivity contribution in [2.24, 2.45) is 0 Å². The molecule has 0 bridgehead atoms. The van der Waals surface area contributed by atoms with E-state index in [2.05, 4.69) is 17.0 Å². The van der Waals surface area contributed by atoms with Gasteiger partial charge >= 0.3 is 0 Å². The lowest BCUT2D eigenvalue weighted by atomic mass is 10.3. The third-order valence-electron chi connectivity index (χ3n) is 2.63. The Morgan fingerprint density at radius 1 is 0.895 bits per heavy atom. The van der Waals surface area contributed by atoms with Crippen molar-refractivity contribution < 1.29 is 38.7 Å². The van der Waals surface area contributed by atoms with Crippen LogP contribution in [0.5, 0.6) is 0 Å². The highest BCUT2D eigenvalue weighted by Gasteiger charge is 2.04. The molecule has 0 saturated heterocycles. The summed E-state index contributed by atoms with van der Waals surface area (Å²) in [4.78, 5) is 10.6. The van der Waals surface area contributed by atoms with Crippen molar-refractivity contribution in [2.45, 2.75) is 19.5 Å². The van der Waals surface area contributed by atoms with Gasteiger partial charge in [0.2, 0.25) is 0 Å². The average Bonchev–Trinajstić information content (AvgIpc) is 2.40. The summed E-state index contributed by atoms with van der Waals surface area (Å²) >= 11 is 0. The summed E-state index contributed by atoms with van der Waals surface area (Å²) in [6, 6.07) is 9.79. The number of aldehydes is 1. The summed E-state index contributed by atoms with van der Waals surface area (Å²) in [6.45, 7) is 1.91. The number of hydrogen-bond acceptors (Lipinski definition) is 1. The van der Waals surface area contributed by atoms with Gasteiger partial charge in [0.1, 0.15) is 0 Å². The normalized spacial score (nSPS) is 9.05. The third kappa shape index (κ3) is 5.81. The summed E-state index contributed by atoms with van der Waals surface area (Å²) in [5, 5.41) is 0. The molecule has 0 fully saturated rings. The monoisotopic (exact) mass is 298 g/mol. The van der Waals surface area contributed by atoms with E-state index in [1.165, 1.54) is 0 Å². The first-order valence-corrected chi connectivity index (χ1v) is 5.77. The molecule has 5 heteroatoms. The standard InChI is InChI=1S/C14H16N2O.2ClH/c17-13-14-6-4-9-16(12-14)11-5-10-15-7-2-1-3-8-15;;/h1-4,6-9,12-13H,5,10-11H2;2*1H/q+2;;/p-2. The van der Waals surface area contributed by atoms with E-state index in [-0.39, 0.29) is 24.8 Å². The predicted octanol–water partition coefficient (Wildman–Crippen LogP) is -4.83. The highest BCUT2D eigenvalue weighted by Crippen LogP contribution is 1.90. The SMILES string of the molecule is O=Cc1ccc[n+](CCC[n+]2ccccc2)c1.[Cl-].[Cl-]. The Morgan fingerprint density at radius 3 is 2.21 bits per heavy atom. The molecule has 2 heterocycles. The van der Waals surface area contributed by atoms with Crippen molar-refractivity contribution in [3.63, 3.8) is 0 Å². The van der Waals surface area contributed by atoms with Gasteiger partial charge in [0.25, 0.3) is 0 Å². The Hall–Kier alpha value is -1.45. The lowest BCUT2D eigenvalue weighted by Gasteiger charge is -1.96. The molecule has 2 aromatic heterocycles. The zero-order valence-electron chi connectivity index (χ0n) is 10.5. The highest BCUT2D eigenvalue weighted by molar-refractivity contribution is 5.73. The summed E-state index contributed by atoms with van der Waals surface area (Å²) in [5.41, 5.74) is 0.722. The summed E-state index contributed by atoms with van der Waals surface area (Å²) in [7, 11) is 0. The van der Waals surface area contributed by atoms with Crippen LogP contribution >= 0.6 is 0 Å². The molecule has 0 unspecified atom stereocenters. The molecule has 0 aliphatic carbocycles. The maximum absolute atomic E-state index is 10.6. The maximum atomic E-state index is 10.6. The van der Waals surface area contributed by atoms with Gasteiger partial charge in [-0.1, -0.05) is 6.07 Å². The van der Waals surface area contributed by atoms with Crippen LogP contribution in [0.2, 0.25) is 0 Å². The van der Waals surface area contributed by atoms with Gasteiger partial charge in [-0.3, -0.25) is 4.79 Å². The maximum Gasteiger partial charge on any atom is 0.179 e. The van der Waals surface area contributed by atoms with Crippen LogP contribution in [0.4, 0.5) is 0 Å². The average molecular weight is 299 g/mol. The van der Waals surface area contributed by atoms with E-state index < -0.39 is 0 Å². The van der Waals surface area contributed by atoms with Crippen LogP contribution in [0.25, 0.3) is 0 Å². The van der Waals surface area contributed by atoms with Crippen molar-refractivity contribution in [1.82, 2.24) is 0 Å². The Kier molecular flexibility index (Phi) is 8.75. The van der Waals surface area contributed by atoms with Gasteiger partial charge in [-0.05, 0) is 6.07 Å². The van der Waals surface area contributed by atoms with E-state index in [4.69, 9.17) is 0 Å². The van der Waals surface area contributed by atoms with Gasteiger partial charge in [-0.25, -0.2) is 9.13 Å². The summed E-state index contributed by atoms with van der Waals surface area (Å²) in [5.74, 6) is 0. The minimum absolute atomic E-state index is 0. The minimum atomic E-state index is 0. The number of carbonyl (C=O) groups is 1. The molecule has 19 heavy (non-hydrogen) atoms. The van der Waals surface area contributed by atoms with Gasteiger partial charge in [0.15, 0.2) is 44.2 Å². The van der Waals surface area contributed by atoms with Crippen LogP contribution in [0, 0.1) is 0 Å². The molecule has 102 valence electrons. The molecular weight excluding hydrogens is 283 g/mol. The fraction of sp³-hybridized carbons (Fsp3) is 0.214. The van der Waals surface area contributed by atoms with Crippen LogP contribution in [0.1, 0.15) is 16.8 Å². The number of pyridine rings is 2. The lowest BCUT2D eigenvalue weighted by molar-refractivity contribution is -0.726. The van der Waals surface area contributed by atoms with Crippen molar-refractivity contribution in [1.29, 1.82) is 0 Å². The van der Waals surface area contributed by atoms with E-state index in [0.717, 1.165) is 31.4 Å². The smallest absolute Gasteiger partial charge is 0.179 e. The summed E-state index contributed by atoms with van der Waals surface area (Å²) < 4.78 is 4.21. The molecular formula is C14H16Cl2N2O. The van der Waals surface area contributed by atoms with E-state index in [1.807, 2.05) is 47.3 Å². The Balaban J connectivity index is 0.00000162. The zero-order chi connectivity index (χ0) is 11.9. The van der Waals surface area contributed by atoms with Gasteiger partial charge < -0.3 is 24.8 Å². The number of halogens is 2. The second-order valence-electron chi connectivity index (χ2n) is 3.96. The molecule has 3 nitrogen and oxygen atoms in total. The Bertz CT molecular complexity index is 492. The number of nitrogens with zero attached hydrogens (tertiary/aromatic N) is 2. The predicted molar refractivity (Wildman–Crippen MR) is 63.3 cm³/mol. The molecule has 0 radical (unpaired) electrons. The van der Waals surface area contributed by atoms with E-state index in [0.29, 0.717) is 0 Å². The van der Waals surface area contributed by atoms with Gasteiger partial charge in [-0.2, -0.15) is 0 Å². The molecule has 0 aromatic carbocycles. The molecule has 0 aliphatic heterocycles. The molecule has 2 rings (SSSR count). The van der Waals surface area contributed by atoms with Crippen molar-refractivity contribution in [2.75, 3.05) is 0 Å². The number of hydrogen-bond donors (Lipinski definition) is 0. The molecule has 0 aliphatic rings. The van der Waals surface area contributed by atoms with E-state index >= 15 is 0 Å². The minimum Gasteiger partial charge on any atom is -1.00 e. The van der Waals surface area contributed by atoms with Crippen LogP contribution in [-0.4, -0.2) is 6.29 Å². The molecule has 0 N–H and O–H groups in total. The van der Waals surface area contributed by atoms with E-state index in [9.17, 15) is 4.79 Å². The van der Waals surface area contributed by atoms with E-state index in [1.54, 1.807) is 0 Å². The number of carbonyl (C=O) groups excluding carboxylic acids is 1. The quantitative estimate of drug-likeness (QED) is 0.402. The largest absolute Gasteiger partial charge is 1.00 e. The number of aryl methyl sites for hydroxylation is 2. The number of aromatic nitrogens is 2. The van der Waals surface area contributed by atoms with Gasteiger partial charge in [0, 0.05) is 18.2 Å². The topological polar surface area (TPSA) is 24.8 Å². The molecule has 0 spiro atoms. The molecule has 0 amide bonds. The first-order valence-electron chi connectivity index (χ1n) is 5.77. The van der Waals surface area contributed by atoms with Crippen LogP contribution in [-0.2, 0) is 13.1 Å². The van der Waals surface area contributed by atoms with Gasteiger partial charge in [-0.15, -0.1) is 0 Å². The molecule has 0 saturated carbocycles. The van der Waals surface area contributed by atoms with Crippen LogP contribution in [0.3, 0.4) is 0 Å². The second kappa shape index (κ2) is 9.48. The van der Waals surface area contributed by atoms with Crippen molar-refractivity contribution in [3.8, 4) is 0 Å². The third-order valence-corrected chi connectivity index (χ3v) is 2.63.